The van der Waals surface area contributed by atoms with Crippen molar-refractivity contribution < 1.29 is 14.2 Å². The molecule has 2 N–H and O–H groups in total. The van der Waals surface area contributed by atoms with Crippen LogP contribution in [0.2, 0.25) is 0 Å². The summed E-state index contributed by atoms with van der Waals surface area (Å²) in [6.07, 6.45) is 2.76. The fraction of sp³-hybridized carbons (Fsp3) is 0.520. The fourth-order valence-corrected chi connectivity index (χ4v) is 3.86. The summed E-state index contributed by atoms with van der Waals surface area (Å²) in [5.74, 6) is 0.697. The number of nitrogens with zero attached hydrogens (tertiary/aromatic N) is 2. The number of aliphatic hydroxyl groups excluding tert-OH is 1. The highest BCUT2D eigenvalue weighted by atomic mass is 19.1. The number of ether oxygens (including phenoxy) is 1. The molecule has 1 aliphatic rings. The molecule has 0 bridgehead atoms. The first-order valence-corrected chi connectivity index (χ1v) is 11.3. The molecule has 0 aliphatic carbocycles. The summed E-state index contributed by atoms with van der Waals surface area (Å²) in [5.41, 5.74) is 2.65. The molecule has 1 saturated heterocycles. The molecule has 1 fully saturated rings. The predicted octanol–water partition coefficient (Wildman–Crippen LogP) is 4.19. The number of unbranched alkanes of at least 4 members (excludes halogenated alkanes) is 1. The van der Waals surface area contributed by atoms with E-state index in [0.717, 1.165) is 56.0 Å². The molecule has 6 heteroatoms. The summed E-state index contributed by atoms with van der Waals surface area (Å²) in [4.78, 5) is 4.13. The van der Waals surface area contributed by atoms with Crippen LogP contribution in [0.4, 0.5) is 15.8 Å². The molecule has 2 unspecified atom stereocenters. The maximum atomic E-state index is 14.9. The Morgan fingerprint density at radius 3 is 2.71 bits per heavy atom. The summed E-state index contributed by atoms with van der Waals surface area (Å²) in [6.45, 7) is 7.50. The highest BCUT2D eigenvalue weighted by Crippen LogP contribution is 2.28. The van der Waals surface area contributed by atoms with Gasteiger partial charge in [-0.3, -0.25) is 0 Å². The van der Waals surface area contributed by atoms with Gasteiger partial charge in [-0.2, -0.15) is 0 Å². The highest BCUT2D eigenvalue weighted by molar-refractivity contribution is 5.58. The average molecular weight is 430 g/mol. The van der Waals surface area contributed by atoms with Crippen LogP contribution in [0, 0.1) is 5.82 Å². The van der Waals surface area contributed by atoms with Crippen LogP contribution in [-0.2, 0) is 6.54 Å². The number of anilines is 2. The van der Waals surface area contributed by atoms with Gasteiger partial charge < -0.3 is 25.0 Å². The van der Waals surface area contributed by atoms with E-state index in [1.54, 1.807) is 13.0 Å². The van der Waals surface area contributed by atoms with Crippen molar-refractivity contribution in [1.82, 2.24) is 5.32 Å². The zero-order chi connectivity index (χ0) is 22.2. The normalized spacial score (nSPS) is 17.1. The number of halogens is 1. The summed E-state index contributed by atoms with van der Waals surface area (Å²) in [6, 6.07) is 13.9. The summed E-state index contributed by atoms with van der Waals surface area (Å²) >= 11 is 0. The zero-order valence-corrected chi connectivity index (χ0v) is 19.0. The summed E-state index contributed by atoms with van der Waals surface area (Å²) in [7, 11) is 1.98. The first kappa shape index (κ1) is 23.4. The minimum Gasteiger partial charge on any atom is -0.494 e. The van der Waals surface area contributed by atoms with Crippen molar-refractivity contribution in [1.29, 1.82) is 0 Å². The van der Waals surface area contributed by atoms with Gasteiger partial charge in [0.05, 0.1) is 18.4 Å². The smallest absolute Gasteiger partial charge is 0.148 e. The number of hydrogen-bond acceptors (Lipinski definition) is 5. The van der Waals surface area contributed by atoms with E-state index in [0.29, 0.717) is 18.8 Å². The molecule has 0 amide bonds. The van der Waals surface area contributed by atoms with E-state index in [4.69, 9.17) is 4.74 Å². The third kappa shape index (κ3) is 6.84. The molecule has 0 aromatic heterocycles. The van der Waals surface area contributed by atoms with Crippen molar-refractivity contribution in [3.05, 3.63) is 53.8 Å². The van der Waals surface area contributed by atoms with E-state index >= 15 is 0 Å². The minimum atomic E-state index is -0.370. The number of aliphatic hydroxyl groups is 1. The van der Waals surface area contributed by atoms with E-state index in [9.17, 15) is 9.50 Å². The lowest BCUT2D eigenvalue weighted by molar-refractivity contribution is 0.187. The molecule has 2 atom stereocenters. The Morgan fingerprint density at radius 2 is 2.03 bits per heavy atom. The maximum absolute atomic E-state index is 14.9. The topological polar surface area (TPSA) is 48.0 Å². The molecule has 0 radical (unpaired) electrons. The number of nitrogens with one attached hydrogen (secondary N) is 1. The number of rotatable bonds is 11. The van der Waals surface area contributed by atoms with Gasteiger partial charge in [0.2, 0.25) is 0 Å². The van der Waals surface area contributed by atoms with Crippen molar-refractivity contribution in [3.8, 4) is 5.75 Å². The van der Waals surface area contributed by atoms with Crippen LogP contribution < -0.4 is 19.9 Å². The monoisotopic (exact) mass is 429 g/mol. The number of hydrogen-bond donors (Lipinski definition) is 2. The quantitative estimate of drug-likeness (QED) is 0.525. The highest BCUT2D eigenvalue weighted by Gasteiger charge is 2.24. The van der Waals surface area contributed by atoms with Crippen molar-refractivity contribution in [2.75, 3.05) is 43.1 Å². The Labute approximate surface area is 185 Å². The first-order valence-electron chi connectivity index (χ1n) is 11.3. The lowest BCUT2D eigenvalue weighted by Crippen LogP contribution is -2.36. The van der Waals surface area contributed by atoms with Gasteiger partial charge in [0.1, 0.15) is 11.6 Å². The predicted molar refractivity (Wildman–Crippen MR) is 126 cm³/mol. The van der Waals surface area contributed by atoms with Gasteiger partial charge in [0, 0.05) is 45.0 Å². The lowest BCUT2D eigenvalue weighted by Gasteiger charge is -2.23. The molecular formula is C25H36FN3O2. The Bertz CT molecular complexity index is 813. The van der Waals surface area contributed by atoms with Crippen LogP contribution in [0.25, 0.3) is 0 Å². The molecule has 0 saturated carbocycles. The van der Waals surface area contributed by atoms with E-state index in [1.165, 1.54) is 0 Å². The summed E-state index contributed by atoms with van der Waals surface area (Å²) < 4.78 is 20.6. The largest absolute Gasteiger partial charge is 0.494 e. The van der Waals surface area contributed by atoms with Crippen molar-refractivity contribution in [3.63, 3.8) is 0 Å². The fourth-order valence-electron chi connectivity index (χ4n) is 3.86. The maximum Gasteiger partial charge on any atom is 0.148 e. The average Bonchev–Trinajstić information content (AvgIpc) is 3.22. The second-order valence-corrected chi connectivity index (χ2v) is 8.53. The molecule has 31 heavy (non-hydrogen) atoms. The van der Waals surface area contributed by atoms with Crippen molar-refractivity contribution in [2.45, 2.75) is 51.8 Å². The van der Waals surface area contributed by atoms with Crippen LogP contribution in [-0.4, -0.2) is 50.5 Å². The second-order valence-electron chi connectivity index (χ2n) is 8.53. The Morgan fingerprint density at radius 1 is 1.26 bits per heavy atom. The molecule has 0 spiro atoms. The third-order valence-corrected chi connectivity index (χ3v) is 5.71. The van der Waals surface area contributed by atoms with E-state index in [-0.39, 0.29) is 18.0 Å². The van der Waals surface area contributed by atoms with E-state index < -0.39 is 0 Å². The van der Waals surface area contributed by atoms with Gasteiger partial charge in [-0.15, -0.1) is 0 Å². The minimum absolute atomic E-state index is 0.194. The Hall–Kier alpha value is -2.31. The van der Waals surface area contributed by atoms with Gasteiger partial charge in [0.15, 0.2) is 0 Å². The van der Waals surface area contributed by atoms with E-state index in [1.807, 2.05) is 31.3 Å². The molecule has 1 heterocycles. The first-order chi connectivity index (χ1) is 15.0. The van der Waals surface area contributed by atoms with Gasteiger partial charge in [-0.05, 0) is 55.7 Å². The third-order valence-electron chi connectivity index (χ3n) is 5.71. The van der Waals surface area contributed by atoms with Crippen LogP contribution in [0.5, 0.6) is 5.75 Å². The molecule has 170 valence electrons. The molecule has 3 rings (SSSR count). The van der Waals surface area contributed by atoms with Gasteiger partial charge in [0.25, 0.3) is 0 Å². The SMILES string of the molecule is CCCCOc1ccc(CN(C)c2ccc(N3CCC(NCC(C)O)C3)c(F)c2)cc1. The van der Waals surface area contributed by atoms with Crippen LogP contribution in [0.3, 0.4) is 0 Å². The van der Waals surface area contributed by atoms with E-state index in [2.05, 4.69) is 34.2 Å². The zero-order valence-electron chi connectivity index (χ0n) is 19.0. The van der Waals surface area contributed by atoms with Crippen LogP contribution in [0.1, 0.15) is 38.7 Å². The van der Waals surface area contributed by atoms with Crippen molar-refractivity contribution >= 4 is 11.4 Å². The molecular weight excluding hydrogens is 393 g/mol. The standard InChI is InChI=1S/C25H36FN3O2/c1-4-5-14-31-23-9-6-20(7-10-23)17-28(3)22-8-11-25(24(26)15-22)29-13-12-21(18-29)27-16-19(2)30/h6-11,15,19,21,27,30H,4-5,12-14,16-18H2,1-3H3. The number of benzene rings is 2. The van der Waals surface area contributed by atoms with Crippen LogP contribution >= 0.6 is 0 Å². The van der Waals surface area contributed by atoms with Gasteiger partial charge >= 0.3 is 0 Å². The second kappa shape index (κ2) is 11.3. The van der Waals surface area contributed by atoms with Crippen LogP contribution in [0.15, 0.2) is 42.5 Å². The molecule has 2 aromatic rings. The van der Waals surface area contributed by atoms with Crippen molar-refractivity contribution in [2.24, 2.45) is 0 Å². The summed E-state index contributed by atoms with van der Waals surface area (Å²) in [5, 5.41) is 12.8. The molecule has 5 nitrogen and oxygen atoms in total. The molecule has 1 aliphatic heterocycles. The van der Waals surface area contributed by atoms with Gasteiger partial charge in [-0.1, -0.05) is 25.5 Å². The molecule has 2 aromatic carbocycles. The lowest BCUT2D eigenvalue weighted by atomic mass is 10.2. The van der Waals surface area contributed by atoms with Gasteiger partial charge in [-0.25, -0.2) is 4.39 Å². The Kier molecular flexibility index (Phi) is 8.55. The Balaban J connectivity index is 1.55.